The van der Waals surface area contributed by atoms with E-state index in [1.54, 1.807) is 0 Å². The Kier molecular flexibility index (Phi) is 4.48. The maximum atomic E-state index is 10.3. The van der Waals surface area contributed by atoms with Gasteiger partial charge in [0.15, 0.2) is 0 Å². The Bertz CT molecular complexity index is 836. The molecule has 0 amide bonds. The molecule has 0 spiro atoms. The van der Waals surface area contributed by atoms with Gasteiger partial charge in [-0.2, -0.15) is 0 Å². The first kappa shape index (κ1) is 15.4. The van der Waals surface area contributed by atoms with Crippen LogP contribution < -0.4 is 10.4 Å². The number of hydrogen-bond acceptors (Lipinski definition) is 3. The topological polar surface area (TPSA) is 63.2 Å². The molecule has 0 fully saturated rings. The van der Waals surface area contributed by atoms with Crippen molar-refractivity contribution in [2.75, 3.05) is 6.61 Å². The number of aryl methyl sites for hydroxylation is 1. The standard InChI is InChI=1S/C18H21N3O2/c1-2-20-16-10-6-7-11-17(16)21(18(20)19)12-14(22)13-23-15-8-4-3-5-9-15/h3-11,14,19,22H,2,12-13H2,1H3. The highest BCUT2D eigenvalue weighted by Gasteiger charge is 2.13. The molecule has 5 nitrogen and oxygen atoms in total. The van der Waals surface area contributed by atoms with Gasteiger partial charge in [-0.05, 0) is 31.2 Å². The Hall–Kier alpha value is -2.53. The summed E-state index contributed by atoms with van der Waals surface area (Å²) in [6, 6.07) is 17.3. The van der Waals surface area contributed by atoms with E-state index in [4.69, 9.17) is 10.1 Å². The largest absolute Gasteiger partial charge is 0.491 e. The third-order valence-corrected chi connectivity index (χ3v) is 3.87. The van der Waals surface area contributed by atoms with Crippen molar-refractivity contribution in [2.45, 2.75) is 26.1 Å². The average Bonchev–Trinajstić information content (AvgIpc) is 2.85. The van der Waals surface area contributed by atoms with Crippen LogP contribution in [0.2, 0.25) is 0 Å². The molecule has 3 aromatic rings. The minimum atomic E-state index is -0.680. The zero-order valence-corrected chi connectivity index (χ0v) is 13.1. The van der Waals surface area contributed by atoms with Crippen LogP contribution in [0.5, 0.6) is 5.75 Å². The van der Waals surface area contributed by atoms with Gasteiger partial charge in [-0.1, -0.05) is 30.3 Å². The molecule has 0 aliphatic rings. The van der Waals surface area contributed by atoms with E-state index in [1.165, 1.54) is 0 Å². The van der Waals surface area contributed by atoms with E-state index in [0.29, 0.717) is 12.2 Å². The van der Waals surface area contributed by atoms with Crippen LogP contribution in [0, 0.1) is 5.41 Å². The molecule has 3 rings (SSSR count). The third-order valence-electron chi connectivity index (χ3n) is 3.87. The van der Waals surface area contributed by atoms with Crippen molar-refractivity contribution in [1.29, 1.82) is 5.41 Å². The maximum Gasteiger partial charge on any atom is 0.203 e. The molecule has 2 aromatic carbocycles. The quantitative estimate of drug-likeness (QED) is 0.734. The summed E-state index contributed by atoms with van der Waals surface area (Å²) >= 11 is 0. The fourth-order valence-corrected chi connectivity index (χ4v) is 2.77. The summed E-state index contributed by atoms with van der Waals surface area (Å²) in [5.74, 6) is 0.735. The summed E-state index contributed by atoms with van der Waals surface area (Å²) in [6.07, 6.45) is -0.680. The normalized spacial score (nSPS) is 12.4. The first-order chi connectivity index (χ1) is 11.2. The van der Waals surface area contributed by atoms with Gasteiger partial charge in [-0.25, -0.2) is 0 Å². The van der Waals surface area contributed by atoms with Crippen molar-refractivity contribution in [1.82, 2.24) is 9.13 Å². The fourth-order valence-electron chi connectivity index (χ4n) is 2.77. The SMILES string of the molecule is CCn1c(=N)n(CC(O)COc2ccccc2)c2ccccc21. The number of fused-ring (bicyclic) bond motifs is 1. The Morgan fingerprint density at radius 2 is 1.61 bits per heavy atom. The lowest BCUT2D eigenvalue weighted by atomic mass is 10.3. The molecule has 0 bridgehead atoms. The first-order valence-corrected chi connectivity index (χ1v) is 7.79. The molecule has 5 heteroatoms. The molecule has 2 N–H and O–H groups in total. The van der Waals surface area contributed by atoms with Gasteiger partial charge in [-0.3, -0.25) is 5.41 Å². The third kappa shape index (κ3) is 3.14. The summed E-state index contributed by atoms with van der Waals surface area (Å²) in [6.45, 7) is 3.27. The number of ether oxygens (including phenoxy) is 1. The van der Waals surface area contributed by atoms with E-state index in [-0.39, 0.29) is 6.61 Å². The summed E-state index contributed by atoms with van der Waals surface area (Å²) in [4.78, 5) is 0. The number of hydrogen-bond donors (Lipinski definition) is 2. The van der Waals surface area contributed by atoms with Gasteiger partial charge in [0, 0.05) is 6.54 Å². The highest BCUT2D eigenvalue weighted by molar-refractivity contribution is 5.75. The second-order valence-corrected chi connectivity index (χ2v) is 5.45. The van der Waals surface area contributed by atoms with Crippen molar-refractivity contribution in [3.63, 3.8) is 0 Å². The zero-order chi connectivity index (χ0) is 16.2. The number of aromatic nitrogens is 2. The number of rotatable bonds is 6. The van der Waals surface area contributed by atoms with Gasteiger partial charge in [0.1, 0.15) is 18.5 Å². The Balaban J connectivity index is 1.78. The molecule has 0 saturated carbocycles. The van der Waals surface area contributed by atoms with Gasteiger partial charge in [0.2, 0.25) is 5.62 Å². The summed E-state index contributed by atoms with van der Waals surface area (Å²) in [7, 11) is 0. The molecule has 0 saturated heterocycles. The Morgan fingerprint density at radius 1 is 1.00 bits per heavy atom. The Labute approximate surface area is 134 Å². The molecule has 1 unspecified atom stereocenters. The van der Waals surface area contributed by atoms with Gasteiger partial charge in [0.25, 0.3) is 0 Å². The monoisotopic (exact) mass is 311 g/mol. The second kappa shape index (κ2) is 6.71. The van der Waals surface area contributed by atoms with E-state index in [9.17, 15) is 5.11 Å². The number of nitrogens with one attached hydrogen (secondary N) is 1. The number of benzene rings is 2. The van der Waals surface area contributed by atoms with Crippen molar-refractivity contribution >= 4 is 11.0 Å². The lowest BCUT2D eigenvalue weighted by molar-refractivity contribution is 0.0921. The first-order valence-electron chi connectivity index (χ1n) is 7.79. The number of aliphatic hydroxyl groups excluding tert-OH is 1. The van der Waals surface area contributed by atoms with E-state index in [1.807, 2.05) is 70.7 Å². The molecule has 120 valence electrons. The lowest BCUT2D eigenvalue weighted by Crippen LogP contribution is -2.31. The molecule has 1 atom stereocenters. The molecular formula is C18H21N3O2. The van der Waals surface area contributed by atoms with Crippen molar-refractivity contribution in [3.8, 4) is 5.75 Å². The summed E-state index contributed by atoms with van der Waals surface area (Å²) < 4.78 is 9.36. The highest BCUT2D eigenvalue weighted by atomic mass is 16.5. The molecular weight excluding hydrogens is 290 g/mol. The maximum absolute atomic E-state index is 10.3. The van der Waals surface area contributed by atoms with Gasteiger partial charge in [0.05, 0.1) is 17.6 Å². The zero-order valence-electron chi connectivity index (χ0n) is 13.1. The van der Waals surface area contributed by atoms with E-state index >= 15 is 0 Å². The van der Waals surface area contributed by atoms with Gasteiger partial charge < -0.3 is 19.0 Å². The fraction of sp³-hybridized carbons (Fsp3) is 0.278. The number of nitrogens with zero attached hydrogens (tertiary/aromatic N) is 2. The number of para-hydroxylation sites is 3. The van der Waals surface area contributed by atoms with E-state index in [0.717, 1.165) is 23.3 Å². The van der Waals surface area contributed by atoms with Crippen LogP contribution in [0.15, 0.2) is 54.6 Å². The highest BCUT2D eigenvalue weighted by Crippen LogP contribution is 2.14. The molecule has 0 aliphatic heterocycles. The van der Waals surface area contributed by atoms with Crippen LogP contribution in [-0.4, -0.2) is 27.0 Å². The molecule has 1 heterocycles. The van der Waals surface area contributed by atoms with E-state index in [2.05, 4.69) is 0 Å². The summed E-state index contributed by atoms with van der Waals surface area (Å²) in [5.41, 5.74) is 2.36. The minimum Gasteiger partial charge on any atom is -0.491 e. The smallest absolute Gasteiger partial charge is 0.203 e. The molecule has 0 radical (unpaired) electrons. The average molecular weight is 311 g/mol. The molecule has 23 heavy (non-hydrogen) atoms. The second-order valence-electron chi connectivity index (χ2n) is 5.45. The van der Waals surface area contributed by atoms with Crippen LogP contribution in [0.1, 0.15) is 6.92 Å². The van der Waals surface area contributed by atoms with Crippen molar-refractivity contribution in [3.05, 3.63) is 60.2 Å². The molecule has 1 aromatic heterocycles. The predicted octanol–water partition coefficient (Wildman–Crippen LogP) is 2.38. The van der Waals surface area contributed by atoms with Crippen LogP contribution in [0.3, 0.4) is 0 Å². The van der Waals surface area contributed by atoms with Crippen LogP contribution in [0.4, 0.5) is 0 Å². The Morgan fingerprint density at radius 3 is 2.26 bits per heavy atom. The minimum absolute atomic E-state index is 0.197. The van der Waals surface area contributed by atoms with Gasteiger partial charge >= 0.3 is 0 Å². The molecule has 0 aliphatic carbocycles. The van der Waals surface area contributed by atoms with Crippen molar-refractivity contribution < 1.29 is 9.84 Å². The van der Waals surface area contributed by atoms with Crippen LogP contribution in [0.25, 0.3) is 11.0 Å². The van der Waals surface area contributed by atoms with Crippen molar-refractivity contribution in [2.24, 2.45) is 0 Å². The summed E-state index contributed by atoms with van der Waals surface area (Å²) in [5, 5.41) is 18.6. The number of aliphatic hydroxyl groups is 1. The van der Waals surface area contributed by atoms with Crippen LogP contribution in [-0.2, 0) is 13.1 Å². The predicted molar refractivity (Wildman–Crippen MR) is 89.4 cm³/mol. The number of imidazole rings is 1. The lowest BCUT2D eigenvalue weighted by Gasteiger charge is -2.13. The van der Waals surface area contributed by atoms with Crippen LogP contribution >= 0.6 is 0 Å². The van der Waals surface area contributed by atoms with E-state index < -0.39 is 6.10 Å². The van der Waals surface area contributed by atoms with Gasteiger partial charge in [-0.15, -0.1) is 0 Å².